The van der Waals surface area contributed by atoms with Crippen LogP contribution in [-0.2, 0) is 12.8 Å². The fourth-order valence-electron chi connectivity index (χ4n) is 2.30. The number of hydrogen-bond acceptors (Lipinski definition) is 4. The van der Waals surface area contributed by atoms with Crippen LogP contribution in [0.25, 0.3) is 0 Å². The molecule has 0 saturated carbocycles. The number of rotatable bonds is 3. The highest BCUT2D eigenvalue weighted by Gasteiger charge is 2.16. The first kappa shape index (κ1) is 11.6. The number of hydrogen-bond donors (Lipinski definition) is 2. The summed E-state index contributed by atoms with van der Waals surface area (Å²) in [5.41, 5.74) is 3.39. The predicted molar refractivity (Wildman–Crippen MR) is 70.7 cm³/mol. The summed E-state index contributed by atoms with van der Waals surface area (Å²) in [5, 5.41) is 12.1. The van der Waals surface area contributed by atoms with Crippen molar-refractivity contribution in [2.45, 2.75) is 19.3 Å². The number of benzene rings is 1. The average Bonchev–Trinajstić information content (AvgIpc) is 2.89. The minimum Gasteiger partial charge on any atom is -0.478 e. The topological polar surface area (TPSA) is 75.1 Å². The van der Waals surface area contributed by atoms with Gasteiger partial charge in [-0.15, -0.1) is 0 Å². The van der Waals surface area contributed by atoms with Crippen LogP contribution in [0, 0.1) is 0 Å². The summed E-state index contributed by atoms with van der Waals surface area (Å²) in [6.07, 6.45) is 4.68. The smallest absolute Gasteiger partial charge is 0.335 e. The minimum atomic E-state index is -0.922. The minimum absolute atomic E-state index is 0.276. The molecule has 0 fully saturated rings. The molecule has 0 bridgehead atoms. The normalized spacial score (nSPS) is 13.1. The lowest BCUT2D eigenvalue weighted by atomic mass is 10.2. The van der Waals surface area contributed by atoms with E-state index < -0.39 is 5.97 Å². The van der Waals surface area contributed by atoms with Crippen molar-refractivity contribution in [2.24, 2.45) is 0 Å². The lowest BCUT2D eigenvalue weighted by Crippen LogP contribution is -2.01. The third-order valence-corrected chi connectivity index (χ3v) is 3.27. The quantitative estimate of drug-likeness (QED) is 0.880. The molecule has 0 aliphatic heterocycles. The Morgan fingerprint density at radius 1 is 1.16 bits per heavy atom. The number of fused-ring (bicyclic) bond motifs is 1. The van der Waals surface area contributed by atoms with Gasteiger partial charge in [0.2, 0.25) is 0 Å². The highest BCUT2D eigenvalue weighted by atomic mass is 16.4. The van der Waals surface area contributed by atoms with E-state index in [-0.39, 0.29) is 5.56 Å². The first-order chi connectivity index (χ1) is 9.24. The first-order valence-corrected chi connectivity index (χ1v) is 6.17. The van der Waals surface area contributed by atoms with Crippen LogP contribution in [0.1, 0.15) is 28.0 Å². The summed E-state index contributed by atoms with van der Waals surface area (Å²) in [4.78, 5) is 19.3. The summed E-state index contributed by atoms with van der Waals surface area (Å²) in [5.74, 6) is -0.0972. The summed E-state index contributed by atoms with van der Waals surface area (Å²) < 4.78 is 0. The van der Waals surface area contributed by atoms with Gasteiger partial charge >= 0.3 is 5.97 Å². The summed E-state index contributed by atoms with van der Waals surface area (Å²) >= 11 is 0. The molecule has 0 amide bonds. The zero-order valence-electron chi connectivity index (χ0n) is 10.3. The molecule has 0 saturated heterocycles. The van der Waals surface area contributed by atoms with Crippen LogP contribution in [-0.4, -0.2) is 21.0 Å². The third-order valence-electron chi connectivity index (χ3n) is 3.27. The molecule has 19 heavy (non-hydrogen) atoms. The number of nitrogens with one attached hydrogen (secondary N) is 1. The van der Waals surface area contributed by atoms with Gasteiger partial charge in [0.1, 0.15) is 12.1 Å². The second-order valence-corrected chi connectivity index (χ2v) is 4.51. The van der Waals surface area contributed by atoms with E-state index in [1.165, 1.54) is 5.56 Å². The van der Waals surface area contributed by atoms with E-state index in [1.54, 1.807) is 30.6 Å². The van der Waals surface area contributed by atoms with E-state index in [4.69, 9.17) is 5.11 Å². The molecular weight excluding hydrogens is 242 g/mol. The molecule has 1 aromatic heterocycles. The van der Waals surface area contributed by atoms with Gasteiger partial charge < -0.3 is 10.4 Å². The van der Waals surface area contributed by atoms with Gasteiger partial charge in [0.25, 0.3) is 0 Å². The zero-order chi connectivity index (χ0) is 13.2. The molecule has 1 aliphatic carbocycles. The van der Waals surface area contributed by atoms with Crippen molar-refractivity contribution in [1.82, 2.24) is 9.97 Å². The second-order valence-electron chi connectivity index (χ2n) is 4.51. The second kappa shape index (κ2) is 4.68. The SMILES string of the molecule is O=C(O)c1ccc(Nc2ncnc3c2CCC3)cc1. The number of aryl methyl sites for hydroxylation is 1. The lowest BCUT2D eigenvalue weighted by Gasteiger charge is -2.09. The predicted octanol–water partition coefficient (Wildman–Crippen LogP) is 2.41. The molecule has 1 aromatic carbocycles. The molecule has 0 atom stereocenters. The maximum atomic E-state index is 10.8. The number of aromatic nitrogens is 2. The fourth-order valence-corrected chi connectivity index (χ4v) is 2.30. The van der Waals surface area contributed by atoms with E-state index in [2.05, 4.69) is 15.3 Å². The van der Waals surface area contributed by atoms with Crippen molar-refractivity contribution >= 4 is 17.5 Å². The molecule has 5 heteroatoms. The highest BCUT2D eigenvalue weighted by Crippen LogP contribution is 2.27. The van der Waals surface area contributed by atoms with Crippen LogP contribution in [0.4, 0.5) is 11.5 Å². The van der Waals surface area contributed by atoms with Crippen molar-refractivity contribution in [3.8, 4) is 0 Å². The van der Waals surface area contributed by atoms with Crippen molar-refractivity contribution in [2.75, 3.05) is 5.32 Å². The van der Waals surface area contributed by atoms with Crippen LogP contribution < -0.4 is 5.32 Å². The number of carboxylic acids is 1. The molecule has 0 radical (unpaired) electrons. The van der Waals surface area contributed by atoms with E-state index in [1.807, 2.05) is 0 Å². The van der Waals surface area contributed by atoms with Gasteiger partial charge in [0.05, 0.1) is 5.56 Å². The van der Waals surface area contributed by atoms with Crippen molar-refractivity contribution < 1.29 is 9.90 Å². The maximum Gasteiger partial charge on any atom is 0.335 e. The van der Waals surface area contributed by atoms with E-state index in [0.29, 0.717) is 0 Å². The Kier molecular flexibility index (Phi) is 2.87. The van der Waals surface area contributed by atoms with E-state index in [9.17, 15) is 4.79 Å². The summed E-state index contributed by atoms with van der Waals surface area (Å²) in [6, 6.07) is 6.64. The molecular formula is C14H13N3O2. The molecule has 2 N–H and O–H groups in total. The van der Waals surface area contributed by atoms with Crippen molar-refractivity contribution in [3.63, 3.8) is 0 Å². The van der Waals surface area contributed by atoms with Crippen LogP contribution in [0.5, 0.6) is 0 Å². The lowest BCUT2D eigenvalue weighted by molar-refractivity contribution is 0.0697. The first-order valence-electron chi connectivity index (χ1n) is 6.17. The van der Waals surface area contributed by atoms with Crippen LogP contribution in [0.3, 0.4) is 0 Å². The van der Waals surface area contributed by atoms with E-state index in [0.717, 1.165) is 36.5 Å². The molecule has 96 valence electrons. The Morgan fingerprint density at radius 2 is 1.95 bits per heavy atom. The molecule has 3 rings (SSSR count). The standard InChI is InChI=1S/C14H13N3O2/c18-14(19)9-4-6-10(7-5-9)17-13-11-2-1-3-12(11)15-8-16-13/h4-8H,1-3H2,(H,18,19)(H,15,16,17). The Bertz CT molecular complexity index is 623. The van der Waals surface area contributed by atoms with Gasteiger partial charge in [-0.1, -0.05) is 0 Å². The number of aromatic carboxylic acids is 1. The monoisotopic (exact) mass is 255 g/mol. The molecule has 2 aromatic rings. The van der Waals surface area contributed by atoms with Gasteiger partial charge in [-0.05, 0) is 43.5 Å². The number of nitrogens with zero attached hydrogens (tertiary/aromatic N) is 2. The van der Waals surface area contributed by atoms with Crippen molar-refractivity contribution in [1.29, 1.82) is 0 Å². The Balaban J connectivity index is 1.86. The van der Waals surface area contributed by atoms with Gasteiger partial charge in [-0.3, -0.25) is 0 Å². The van der Waals surface area contributed by atoms with Crippen LogP contribution in [0.15, 0.2) is 30.6 Å². The average molecular weight is 255 g/mol. The Labute approximate surface area is 110 Å². The fraction of sp³-hybridized carbons (Fsp3) is 0.214. The molecule has 1 heterocycles. The summed E-state index contributed by atoms with van der Waals surface area (Å²) in [7, 11) is 0. The van der Waals surface area contributed by atoms with Crippen LogP contribution >= 0.6 is 0 Å². The maximum absolute atomic E-state index is 10.8. The van der Waals surface area contributed by atoms with Crippen LogP contribution in [0.2, 0.25) is 0 Å². The van der Waals surface area contributed by atoms with Gasteiger partial charge in [0, 0.05) is 16.9 Å². The molecule has 0 unspecified atom stereocenters. The number of carbonyl (C=O) groups is 1. The molecule has 5 nitrogen and oxygen atoms in total. The number of anilines is 2. The van der Waals surface area contributed by atoms with Gasteiger partial charge in [-0.25, -0.2) is 14.8 Å². The molecule has 1 aliphatic rings. The summed E-state index contributed by atoms with van der Waals surface area (Å²) in [6.45, 7) is 0. The highest BCUT2D eigenvalue weighted by molar-refractivity contribution is 5.88. The van der Waals surface area contributed by atoms with E-state index >= 15 is 0 Å². The zero-order valence-corrected chi connectivity index (χ0v) is 10.3. The Morgan fingerprint density at radius 3 is 2.68 bits per heavy atom. The third kappa shape index (κ3) is 2.27. The molecule has 0 spiro atoms. The van der Waals surface area contributed by atoms with Gasteiger partial charge in [-0.2, -0.15) is 0 Å². The Hall–Kier alpha value is -2.43. The number of carboxylic acid groups (broad SMARTS) is 1. The van der Waals surface area contributed by atoms with Crippen molar-refractivity contribution in [3.05, 3.63) is 47.4 Å². The van der Waals surface area contributed by atoms with Gasteiger partial charge in [0.15, 0.2) is 0 Å². The largest absolute Gasteiger partial charge is 0.478 e.